The van der Waals surface area contributed by atoms with Gasteiger partial charge in [0.2, 0.25) is 11.8 Å². The molecule has 312 valence electrons. The molecule has 1 atom stereocenters. The van der Waals surface area contributed by atoms with Gasteiger partial charge >= 0.3 is 0 Å². The van der Waals surface area contributed by atoms with Crippen molar-refractivity contribution in [2.45, 2.75) is 71.6 Å². The zero-order valence-corrected chi connectivity index (χ0v) is 34.5. The lowest BCUT2D eigenvalue weighted by atomic mass is 9.49. The molecule has 1 saturated carbocycles. The number of piperidine rings is 2. The van der Waals surface area contributed by atoms with E-state index in [1.807, 2.05) is 24.3 Å². The molecule has 7 rings (SSSR count). The molecule has 14 heteroatoms. The second-order valence-electron chi connectivity index (χ2n) is 17.4. The van der Waals surface area contributed by atoms with Crippen molar-refractivity contribution in [1.82, 2.24) is 20.9 Å². The highest BCUT2D eigenvalue weighted by Crippen LogP contribution is 2.55. The number of anilines is 2. The van der Waals surface area contributed by atoms with Crippen molar-refractivity contribution in [3.05, 3.63) is 83.2 Å². The van der Waals surface area contributed by atoms with Crippen molar-refractivity contribution in [2.75, 3.05) is 62.7 Å². The molecular formula is C45H54FN7O6. The van der Waals surface area contributed by atoms with Crippen LogP contribution in [-0.2, 0) is 9.59 Å². The summed E-state index contributed by atoms with van der Waals surface area (Å²) in [6, 6.07) is 18.8. The van der Waals surface area contributed by atoms with Crippen molar-refractivity contribution >= 4 is 35.0 Å². The number of nitrogens with zero attached hydrogens (tertiary/aromatic N) is 4. The fourth-order valence-electron chi connectivity index (χ4n) is 9.69. The Morgan fingerprint density at radius 2 is 1.51 bits per heavy atom. The van der Waals surface area contributed by atoms with Crippen molar-refractivity contribution in [2.24, 2.45) is 16.7 Å². The zero-order valence-electron chi connectivity index (χ0n) is 34.5. The summed E-state index contributed by atoms with van der Waals surface area (Å²) in [6.07, 6.45) is 2.27. The summed E-state index contributed by atoms with van der Waals surface area (Å²) >= 11 is 0. The molecule has 0 bridgehead atoms. The maximum Gasteiger partial charge on any atom is 0.254 e. The molecule has 4 aliphatic rings. The second-order valence-corrected chi connectivity index (χ2v) is 17.4. The van der Waals surface area contributed by atoms with E-state index in [-0.39, 0.29) is 53.2 Å². The molecule has 0 spiro atoms. The normalized spacial score (nSPS) is 23.0. The number of nitriles is 1. The molecular weight excluding hydrogens is 754 g/mol. The Bertz CT molecular complexity index is 2100. The van der Waals surface area contributed by atoms with Gasteiger partial charge < -0.3 is 29.9 Å². The van der Waals surface area contributed by atoms with Crippen LogP contribution in [0.5, 0.6) is 11.5 Å². The first-order valence-corrected chi connectivity index (χ1v) is 20.5. The topological polar surface area (TPSA) is 156 Å². The van der Waals surface area contributed by atoms with Gasteiger partial charge in [-0.25, -0.2) is 4.39 Å². The molecule has 3 saturated heterocycles. The zero-order chi connectivity index (χ0) is 42.1. The van der Waals surface area contributed by atoms with Crippen molar-refractivity contribution in [3.63, 3.8) is 0 Å². The summed E-state index contributed by atoms with van der Waals surface area (Å²) in [5.74, 6) is -0.738. The van der Waals surface area contributed by atoms with Gasteiger partial charge in [0.15, 0.2) is 0 Å². The first kappa shape index (κ1) is 41.5. The van der Waals surface area contributed by atoms with E-state index in [0.29, 0.717) is 34.2 Å². The number of ether oxygens (including phenoxy) is 2. The van der Waals surface area contributed by atoms with Crippen LogP contribution in [0.4, 0.5) is 15.8 Å². The highest BCUT2D eigenvalue weighted by Gasteiger charge is 2.64. The summed E-state index contributed by atoms with van der Waals surface area (Å²) in [4.78, 5) is 56.6. The van der Waals surface area contributed by atoms with Gasteiger partial charge in [-0.3, -0.25) is 29.4 Å². The van der Waals surface area contributed by atoms with Gasteiger partial charge in [-0.2, -0.15) is 5.26 Å². The van der Waals surface area contributed by atoms with Crippen molar-refractivity contribution in [1.29, 1.82) is 5.26 Å². The van der Waals surface area contributed by atoms with Gasteiger partial charge in [-0.05, 0) is 79.8 Å². The number of nitrogens with one attached hydrogen (secondary N) is 3. The van der Waals surface area contributed by atoms with Crippen LogP contribution < -0.4 is 35.2 Å². The maximum absolute atomic E-state index is 15.1. The van der Waals surface area contributed by atoms with Gasteiger partial charge in [0.25, 0.3) is 11.8 Å². The van der Waals surface area contributed by atoms with E-state index in [1.165, 1.54) is 19.2 Å². The lowest BCUT2D eigenvalue weighted by molar-refractivity contribution is -0.164. The van der Waals surface area contributed by atoms with Gasteiger partial charge in [0.05, 0.1) is 18.2 Å². The van der Waals surface area contributed by atoms with Crippen LogP contribution in [-0.4, -0.2) is 99.6 Å². The summed E-state index contributed by atoms with van der Waals surface area (Å²) in [5.41, 5.74) is 2.04. The lowest BCUT2D eigenvalue weighted by Gasteiger charge is -2.63. The van der Waals surface area contributed by atoms with E-state index in [4.69, 9.17) is 9.47 Å². The second kappa shape index (κ2) is 16.9. The quantitative estimate of drug-likeness (QED) is 0.228. The van der Waals surface area contributed by atoms with Gasteiger partial charge in [-0.1, -0.05) is 27.7 Å². The van der Waals surface area contributed by atoms with Crippen LogP contribution in [0.25, 0.3) is 0 Å². The number of methoxy groups -OCH3 is 1. The number of benzene rings is 3. The number of hydrogen-bond acceptors (Lipinski definition) is 10. The summed E-state index contributed by atoms with van der Waals surface area (Å²) in [5, 5.41) is 17.4. The minimum Gasteiger partial charge on any atom is -0.495 e. The molecule has 4 fully saturated rings. The number of halogens is 1. The monoisotopic (exact) mass is 807 g/mol. The van der Waals surface area contributed by atoms with Crippen LogP contribution in [0.15, 0.2) is 60.7 Å². The third-order valence-electron chi connectivity index (χ3n) is 12.8. The average molecular weight is 808 g/mol. The van der Waals surface area contributed by atoms with Gasteiger partial charge in [-0.15, -0.1) is 0 Å². The third-order valence-corrected chi connectivity index (χ3v) is 12.8. The van der Waals surface area contributed by atoms with Crippen molar-refractivity contribution in [3.8, 4) is 17.6 Å². The van der Waals surface area contributed by atoms with E-state index >= 15 is 4.39 Å². The molecule has 3 heterocycles. The molecule has 0 unspecified atom stereocenters. The van der Waals surface area contributed by atoms with E-state index in [9.17, 15) is 24.4 Å². The predicted octanol–water partition coefficient (Wildman–Crippen LogP) is 4.89. The van der Waals surface area contributed by atoms with E-state index < -0.39 is 23.7 Å². The van der Waals surface area contributed by atoms with Crippen LogP contribution in [0.3, 0.4) is 0 Å². The molecule has 3 aromatic carbocycles. The minimum absolute atomic E-state index is 0.114. The smallest absolute Gasteiger partial charge is 0.254 e. The Balaban J connectivity index is 0.844. The third kappa shape index (κ3) is 8.71. The number of piperazine rings is 1. The largest absolute Gasteiger partial charge is 0.495 e. The molecule has 4 amide bonds. The summed E-state index contributed by atoms with van der Waals surface area (Å²) in [7, 11) is 1.53. The molecule has 3 aliphatic heterocycles. The van der Waals surface area contributed by atoms with Crippen LogP contribution in [0.2, 0.25) is 0 Å². The summed E-state index contributed by atoms with van der Waals surface area (Å²) < 4.78 is 26.9. The molecule has 1 aliphatic carbocycles. The maximum atomic E-state index is 15.1. The van der Waals surface area contributed by atoms with Crippen LogP contribution in [0.1, 0.15) is 79.7 Å². The molecule has 3 N–H and O–H groups in total. The number of imide groups is 1. The molecule has 59 heavy (non-hydrogen) atoms. The van der Waals surface area contributed by atoms with Crippen LogP contribution in [0, 0.1) is 33.9 Å². The Hall–Kier alpha value is -5.68. The predicted molar refractivity (Wildman–Crippen MR) is 221 cm³/mol. The Kier molecular flexibility index (Phi) is 11.9. The van der Waals surface area contributed by atoms with Gasteiger partial charge in [0, 0.05) is 92.1 Å². The minimum atomic E-state index is -0.864. The number of amides is 4. The Morgan fingerprint density at radius 1 is 0.847 bits per heavy atom. The fraction of sp³-hybridized carbons (Fsp3) is 0.489. The number of carbonyl (C=O) groups excluding carboxylic acids is 4. The van der Waals surface area contributed by atoms with E-state index in [2.05, 4.69) is 64.4 Å². The average Bonchev–Trinajstić information content (AvgIpc) is 3.23. The standard InChI is InChI=1S/C45H54FN7O6/c1-44(2)42(45(3,4)43(44)59-33-12-8-30(26-47)37(25-33)58-5)50-39(55)29-6-9-31(10-7-29)52-18-16-28(17-19-52)27-51-20-22-53(23-21-51)32-11-13-34(35(46)24-32)40(56)48-36-14-15-38(54)49-41(36)57/h6-13,24-25,28,36,42-43H,14-23,27H2,1-5H3,(H,48,56)(H,50,55)(H,49,54,57)/t36-,42?,43?/m0/s1. The highest BCUT2D eigenvalue weighted by atomic mass is 19.1. The number of hydrogen-bond donors (Lipinski definition) is 3. The molecule has 13 nitrogen and oxygen atoms in total. The molecule has 3 aromatic rings. The molecule has 0 radical (unpaired) electrons. The Morgan fingerprint density at radius 3 is 2.14 bits per heavy atom. The van der Waals surface area contributed by atoms with Gasteiger partial charge in [0.1, 0.15) is 35.5 Å². The number of carbonyl (C=O) groups is 4. The van der Waals surface area contributed by atoms with Crippen molar-refractivity contribution < 1.29 is 33.0 Å². The Labute approximate surface area is 345 Å². The summed E-state index contributed by atoms with van der Waals surface area (Å²) in [6.45, 7) is 14.5. The lowest BCUT2D eigenvalue weighted by Crippen LogP contribution is -2.74. The van der Waals surface area contributed by atoms with E-state index in [1.54, 1.807) is 24.3 Å². The molecule has 0 aromatic heterocycles. The first-order chi connectivity index (χ1) is 28.2. The fourth-order valence-corrected chi connectivity index (χ4v) is 9.69. The van der Waals surface area contributed by atoms with Crippen LogP contribution >= 0.6 is 0 Å². The number of rotatable bonds is 11. The first-order valence-electron chi connectivity index (χ1n) is 20.5. The SMILES string of the molecule is COc1cc(OC2C(C)(C)C(NC(=O)c3ccc(N4CCC(CN5CCN(c6ccc(C(=O)N[C@H]7CCC(=O)NC7=O)c(F)c6)CC5)CC4)cc3)C2(C)C)ccc1C#N. The van der Waals surface area contributed by atoms with E-state index in [0.717, 1.165) is 64.3 Å². The highest BCUT2D eigenvalue weighted by molar-refractivity contribution is 6.04.